The van der Waals surface area contributed by atoms with Crippen molar-refractivity contribution in [1.29, 1.82) is 0 Å². The van der Waals surface area contributed by atoms with Crippen LogP contribution in [0.1, 0.15) is 12.8 Å². The fourth-order valence-corrected chi connectivity index (χ4v) is 3.15. The second kappa shape index (κ2) is 6.41. The Kier molecular flexibility index (Phi) is 5.09. The number of nitrogens with zero attached hydrogens (tertiary/aromatic N) is 2. The van der Waals surface area contributed by atoms with Gasteiger partial charge in [-0.2, -0.15) is 13.2 Å². The molecule has 0 spiro atoms. The summed E-state index contributed by atoms with van der Waals surface area (Å²) in [4.78, 5) is 4.29. The smallest absolute Gasteiger partial charge is 0.315 e. The molecule has 2 heterocycles. The normalized spacial score (nSPS) is 32.2. The van der Waals surface area contributed by atoms with Gasteiger partial charge in [-0.3, -0.25) is 0 Å². The molecule has 2 aliphatic heterocycles. The van der Waals surface area contributed by atoms with E-state index < -0.39 is 12.1 Å². The van der Waals surface area contributed by atoms with Crippen LogP contribution < -0.4 is 5.32 Å². The van der Waals surface area contributed by atoms with Crippen LogP contribution in [0.3, 0.4) is 0 Å². The molecule has 19 heavy (non-hydrogen) atoms. The third kappa shape index (κ3) is 4.61. The summed E-state index contributed by atoms with van der Waals surface area (Å²) < 4.78 is 38.6. The van der Waals surface area contributed by atoms with Gasteiger partial charge in [0.05, 0.1) is 5.92 Å². The first-order valence-electron chi connectivity index (χ1n) is 7.13. The Morgan fingerprint density at radius 2 is 2.00 bits per heavy atom. The molecule has 2 atom stereocenters. The molecule has 0 radical (unpaired) electrons. The molecule has 2 rings (SSSR count). The predicted octanol–water partition coefficient (Wildman–Crippen LogP) is 1.41. The molecule has 0 aromatic rings. The molecular weight excluding hydrogens is 255 g/mol. The Morgan fingerprint density at radius 3 is 2.68 bits per heavy atom. The number of halogens is 3. The van der Waals surface area contributed by atoms with Crippen LogP contribution in [0.2, 0.25) is 0 Å². The molecular formula is C13H24F3N3. The van der Waals surface area contributed by atoms with Crippen molar-refractivity contribution in [2.45, 2.75) is 19.0 Å². The van der Waals surface area contributed by atoms with E-state index in [1.165, 1.54) is 0 Å². The van der Waals surface area contributed by atoms with E-state index in [9.17, 15) is 13.2 Å². The highest BCUT2D eigenvalue weighted by Crippen LogP contribution is 2.28. The average Bonchev–Trinajstić information content (AvgIpc) is 2.54. The summed E-state index contributed by atoms with van der Waals surface area (Å²) in [6, 6.07) is 0. The van der Waals surface area contributed by atoms with Crippen molar-refractivity contribution < 1.29 is 13.2 Å². The molecule has 0 aromatic heterocycles. The summed E-state index contributed by atoms with van der Waals surface area (Å²) in [5, 5.41) is 2.91. The Bertz CT molecular complexity index is 283. The van der Waals surface area contributed by atoms with Gasteiger partial charge in [0.15, 0.2) is 0 Å². The lowest BCUT2D eigenvalue weighted by atomic mass is 9.97. The third-order valence-electron chi connectivity index (χ3n) is 4.18. The van der Waals surface area contributed by atoms with Crippen LogP contribution in [0.5, 0.6) is 0 Å². The maximum absolute atomic E-state index is 12.9. The van der Waals surface area contributed by atoms with Crippen molar-refractivity contribution in [2.24, 2.45) is 11.8 Å². The summed E-state index contributed by atoms with van der Waals surface area (Å²) in [6.07, 6.45) is -1.78. The lowest BCUT2D eigenvalue weighted by Gasteiger charge is -2.34. The van der Waals surface area contributed by atoms with Gasteiger partial charge in [0.2, 0.25) is 0 Å². The largest absolute Gasteiger partial charge is 0.394 e. The van der Waals surface area contributed by atoms with E-state index in [-0.39, 0.29) is 13.1 Å². The number of nitrogens with one attached hydrogen (secondary N) is 1. The molecule has 2 aliphatic rings. The molecule has 0 saturated carbocycles. The van der Waals surface area contributed by atoms with E-state index in [1.54, 1.807) is 0 Å². The van der Waals surface area contributed by atoms with Crippen LogP contribution in [-0.4, -0.2) is 68.8 Å². The van der Waals surface area contributed by atoms with Crippen LogP contribution in [0.25, 0.3) is 0 Å². The first-order valence-corrected chi connectivity index (χ1v) is 7.13. The van der Waals surface area contributed by atoms with Crippen LogP contribution in [0.4, 0.5) is 13.2 Å². The lowest BCUT2D eigenvalue weighted by Crippen LogP contribution is -2.43. The van der Waals surface area contributed by atoms with E-state index in [2.05, 4.69) is 17.3 Å². The highest BCUT2D eigenvalue weighted by molar-refractivity contribution is 4.81. The number of likely N-dealkylation sites (tertiary alicyclic amines) is 1. The van der Waals surface area contributed by atoms with Gasteiger partial charge in [-0.15, -0.1) is 0 Å². The quantitative estimate of drug-likeness (QED) is 0.824. The summed E-state index contributed by atoms with van der Waals surface area (Å²) in [5.74, 6) is -0.706. The molecule has 2 unspecified atom stereocenters. The van der Waals surface area contributed by atoms with E-state index in [0.29, 0.717) is 12.5 Å². The van der Waals surface area contributed by atoms with Gasteiger partial charge >= 0.3 is 6.18 Å². The number of hydrogen-bond donors (Lipinski definition) is 1. The van der Waals surface area contributed by atoms with Gasteiger partial charge in [0, 0.05) is 39.3 Å². The fourth-order valence-electron chi connectivity index (χ4n) is 3.15. The predicted molar refractivity (Wildman–Crippen MR) is 69.1 cm³/mol. The lowest BCUT2D eigenvalue weighted by molar-refractivity contribution is -0.176. The maximum Gasteiger partial charge on any atom is 0.394 e. The Labute approximate surface area is 113 Å². The zero-order chi connectivity index (χ0) is 13.9. The average molecular weight is 279 g/mol. The number of alkyl halides is 3. The molecule has 0 aliphatic carbocycles. The van der Waals surface area contributed by atoms with Crippen LogP contribution in [0.15, 0.2) is 0 Å². The molecule has 2 fully saturated rings. The highest BCUT2D eigenvalue weighted by Gasteiger charge is 2.41. The molecule has 0 amide bonds. The monoisotopic (exact) mass is 279 g/mol. The van der Waals surface area contributed by atoms with Crippen LogP contribution in [-0.2, 0) is 0 Å². The maximum atomic E-state index is 12.9. The summed E-state index contributed by atoms with van der Waals surface area (Å²) in [6.45, 7) is 4.53. The topological polar surface area (TPSA) is 18.5 Å². The van der Waals surface area contributed by atoms with E-state index in [1.807, 2.05) is 4.90 Å². The standard InChI is InChI=1S/C13H24F3N3/c1-18-5-2-3-11(8-18)9-19-6-4-17-7-12(10-19)13(14,15)16/h11-12,17H,2-10H2,1H3. The van der Waals surface area contributed by atoms with Gasteiger partial charge in [-0.25, -0.2) is 0 Å². The molecule has 3 nitrogen and oxygen atoms in total. The van der Waals surface area contributed by atoms with Gasteiger partial charge in [-0.1, -0.05) is 0 Å². The molecule has 6 heteroatoms. The number of piperidine rings is 1. The van der Waals surface area contributed by atoms with Crippen LogP contribution >= 0.6 is 0 Å². The van der Waals surface area contributed by atoms with Crippen molar-refractivity contribution in [2.75, 3.05) is 52.9 Å². The van der Waals surface area contributed by atoms with E-state index in [0.717, 1.165) is 39.0 Å². The van der Waals surface area contributed by atoms with Crippen molar-refractivity contribution in [3.63, 3.8) is 0 Å². The SMILES string of the molecule is CN1CCCC(CN2CCNCC(C(F)(F)F)C2)C1. The van der Waals surface area contributed by atoms with E-state index in [4.69, 9.17) is 0 Å². The van der Waals surface area contributed by atoms with Gasteiger partial charge in [-0.05, 0) is 32.4 Å². The summed E-state index contributed by atoms with van der Waals surface area (Å²) >= 11 is 0. The van der Waals surface area contributed by atoms with Crippen LogP contribution in [0, 0.1) is 11.8 Å². The van der Waals surface area contributed by atoms with E-state index >= 15 is 0 Å². The Morgan fingerprint density at radius 1 is 1.21 bits per heavy atom. The molecule has 0 bridgehead atoms. The highest BCUT2D eigenvalue weighted by atomic mass is 19.4. The zero-order valence-corrected chi connectivity index (χ0v) is 11.5. The second-order valence-corrected chi connectivity index (χ2v) is 5.97. The summed E-state index contributed by atoms with van der Waals surface area (Å²) in [5.41, 5.74) is 0. The van der Waals surface area contributed by atoms with Crippen molar-refractivity contribution in [3.05, 3.63) is 0 Å². The van der Waals surface area contributed by atoms with Gasteiger partial charge in [0.25, 0.3) is 0 Å². The Hall–Kier alpha value is -0.330. The molecule has 2 saturated heterocycles. The number of hydrogen-bond acceptors (Lipinski definition) is 3. The van der Waals surface area contributed by atoms with Gasteiger partial charge in [0.1, 0.15) is 0 Å². The molecule has 0 aromatic carbocycles. The minimum Gasteiger partial charge on any atom is -0.315 e. The first-order chi connectivity index (χ1) is 8.95. The Balaban J connectivity index is 1.87. The van der Waals surface area contributed by atoms with Crippen molar-refractivity contribution in [1.82, 2.24) is 15.1 Å². The first kappa shape index (κ1) is 15.1. The number of rotatable bonds is 2. The minimum atomic E-state index is -4.08. The van der Waals surface area contributed by atoms with Crippen molar-refractivity contribution >= 4 is 0 Å². The summed E-state index contributed by atoms with van der Waals surface area (Å²) in [7, 11) is 2.09. The molecule has 112 valence electrons. The minimum absolute atomic E-state index is 0.0601. The van der Waals surface area contributed by atoms with Gasteiger partial charge < -0.3 is 15.1 Å². The molecule has 1 N–H and O–H groups in total. The zero-order valence-electron chi connectivity index (χ0n) is 11.5. The van der Waals surface area contributed by atoms with Crippen molar-refractivity contribution in [3.8, 4) is 0 Å². The second-order valence-electron chi connectivity index (χ2n) is 5.97. The fraction of sp³-hybridized carbons (Fsp3) is 1.00. The third-order valence-corrected chi connectivity index (χ3v) is 4.18.